The van der Waals surface area contributed by atoms with E-state index in [1.807, 2.05) is 67.7 Å². The Labute approximate surface area is 192 Å². The molecule has 0 fully saturated rings. The van der Waals surface area contributed by atoms with Gasteiger partial charge in [0.2, 0.25) is 5.91 Å². The van der Waals surface area contributed by atoms with Crippen LogP contribution in [0, 0.1) is 0 Å². The molecule has 8 nitrogen and oxygen atoms in total. The van der Waals surface area contributed by atoms with Crippen molar-refractivity contribution >= 4 is 28.9 Å². The number of H-pyrrole nitrogens is 1. The highest BCUT2D eigenvalue weighted by atomic mass is 16.5. The van der Waals surface area contributed by atoms with Gasteiger partial charge in [-0.15, -0.1) is 0 Å². The molecule has 0 aliphatic rings. The van der Waals surface area contributed by atoms with Crippen molar-refractivity contribution in [3.8, 4) is 0 Å². The lowest BCUT2D eigenvalue weighted by Gasteiger charge is -2.22. The van der Waals surface area contributed by atoms with Crippen LogP contribution in [0.1, 0.15) is 30.9 Å². The Morgan fingerprint density at radius 2 is 1.70 bits per heavy atom. The molecule has 2 amide bonds. The number of aromatic nitrogens is 1. The number of esters is 1. The minimum absolute atomic E-state index is 0.0957. The second kappa shape index (κ2) is 11.7. The molecular weight excluding hydrogens is 422 g/mol. The Morgan fingerprint density at radius 1 is 0.970 bits per heavy atom. The van der Waals surface area contributed by atoms with Crippen molar-refractivity contribution in [1.29, 1.82) is 0 Å². The molecular formula is C25H29N3O5. The van der Waals surface area contributed by atoms with Gasteiger partial charge in [0.15, 0.2) is 0 Å². The summed E-state index contributed by atoms with van der Waals surface area (Å²) in [5, 5.41) is 6.31. The van der Waals surface area contributed by atoms with Gasteiger partial charge in [0.25, 0.3) is 0 Å². The highest BCUT2D eigenvalue weighted by Gasteiger charge is 2.28. The topological polar surface area (TPSA) is 110 Å². The van der Waals surface area contributed by atoms with E-state index in [4.69, 9.17) is 9.47 Å². The van der Waals surface area contributed by atoms with E-state index in [0.29, 0.717) is 12.8 Å². The number of nitrogens with one attached hydrogen (secondary N) is 3. The number of rotatable bonds is 10. The molecule has 3 rings (SSSR count). The molecule has 0 bridgehead atoms. The number of benzene rings is 2. The van der Waals surface area contributed by atoms with E-state index in [0.717, 1.165) is 22.0 Å². The lowest BCUT2D eigenvalue weighted by atomic mass is 10.0. The van der Waals surface area contributed by atoms with Gasteiger partial charge in [-0.2, -0.15) is 0 Å². The number of hydrogen-bond donors (Lipinski definition) is 3. The molecule has 0 unspecified atom stereocenters. The van der Waals surface area contributed by atoms with Gasteiger partial charge in [0, 0.05) is 23.5 Å². The van der Waals surface area contributed by atoms with Gasteiger partial charge in [0.1, 0.15) is 18.7 Å². The van der Waals surface area contributed by atoms with Crippen molar-refractivity contribution in [3.63, 3.8) is 0 Å². The first-order chi connectivity index (χ1) is 16.0. The molecule has 3 aromatic rings. The molecule has 174 valence electrons. The van der Waals surface area contributed by atoms with E-state index in [9.17, 15) is 14.4 Å². The van der Waals surface area contributed by atoms with Crippen LogP contribution in [0.3, 0.4) is 0 Å². The highest BCUT2D eigenvalue weighted by molar-refractivity contribution is 5.90. The van der Waals surface area contributed by atoms with Crippen LogP contribution >= 0.6 is 0 Å². The quantitative estimate of drug-likeness (QED) is 0.409. The maximum absolute atomic E-state index is 13.0. The predicted molar refractivity (Wildman–Crippen MR) is 124 cm³/mol. The molecule has 0 saturated carbocycles. The van der Waals surface area contributed by atoms with Gasteiger partial charge >= 0.3 is 12.1 Å². The van der Waals surface area contributed by atoms with E-state index in [1.165, 1.54) is 7.11 Å². The Hall–Kier alpha value is -3.81. The Bertz CT molecular complexity index is 1080. The smallest absolute Gasteiger partial charge is 0.408 e. The minimum atomic E-state index is -0.900. The van der Waals surface area contributed by atoms with Crippen molar-refractivity contribution in [3.05, 3.63) is 71.9 Å². The maximum atomic E-state index is 13.0. The maximum Gasteiger partial charge on any atom is 0.408 e. The zero-order valence-electron chi connectivity index (χ0n) is 18.8. The molecule has 2 aromatic carbocycles. The number of carbonyl (C=O) groups excluding carboxylic acids is 3. The minimum Gasteiger partial charge on any atom is -0.467 e. The van der Waals surface area contributed by atoms with Crippen molar-refractivity contribution in [2.75, 3.05) is 7.11 Å². The number of methoxy groups -OCH3 is 1. The van der Waals surface area contributed by atoms with Gasteiger partial charge in [-0.1, -0.05) is 61.9 Å². The summed E-state index contributed by atoms with van der Waals surface area (Å²) in [6.07, 6.45) is 2.42. The first-order valence-corrected chi connectivity index (χ1v) is 10.9. The zero-order chi connectivity index (χ0) is 23.6. The van der Waals surface area contributed by atoms with Gasteiger partial charge in [-0.3, -0.25) is 4.79 Å². The zero-order valence-corrected chi connectivity index (χ0v) is 18.8. The van der Waals surface area contributed by atoms with Crippen LogP contribution in [-0.2, 0) is 32.1 Å². The molecule has 0 spiro atoms. The molecule has 0 aliphatic carbocycles. The third-order valence-corrected chi connectivity index (χ3v) is 5.30. The Balaban J connectivity index is 1.64. The second-order valence-corrected chi connectivity index (χ2v) is 7.70. The second-order valence-electron chi connectivity index (χ2n) is 7.70. The SMILES string of the molecule is CCC[C@@H](NC(=O)OCc1ccccc1)C(=O)N[C@@H](Cc1c[nH]c2ccccc12)C(=O)OC. The summed E-state index contributed by atoms with van der Waals surface area (Å²) in [5.41, 5.74) is 2.66. The summed E-state index contributed by atoms with van der Waals surface area (Å²) in [7, 11) is 1.28. The van der Waals surface area contributed by atoms with Crippen LogP contribution in [0.4, 0.5) is 4.79 Å². The van der Waals surface area contributed by atoms with Crippen molar-refractivity contribution < 1.29 is 23.9 Å². The van der Waals surface area contributed by atoms with Crippen LogP contribution in [0.25, 0.3) is 10.9 Å². The fraction of sp³-hybridized carbons (Fsp3) is 0.320. The van der Waals surface area contributed by atoms with Crippen LogP contribution in [0.2, 0.25) is 0 Å². The summed E-state index contributed by atoms with van der Waals surface area (Å²) in [5.74, 6) is -1.03. The lowest BCUT2D eigenvalue weighted by Crippen LogP contribution is -2.52. The number of carbonyl (C=O) groups is 3. The number of para-hydroxylation sites is 1. The monoisotopic (exact) mass is 451 g/mol. The Kier molecular flexibility index (Phi) is 8.46. The first-order valence-electron chi connectivity index (χ1n) is 10.9. The molecule has 0 aliphatic heterocycles. The number of alkyl carbamates (subject to hydrolysis) is 1. The van der Waals surface area contributed by atoms with Crippen molar-refractivity contribution in [2.45, 2.75) is 44.9 Å². The van der Waals surface area contributed by atoms with E-state index in [1.54, 1.807) is 0 Å². The molecule has 8 heteroatoms. The van der Waals surface area contributed by atoms with E-state index < -0.39 is 30.1 Å². The van der Waals surface area contributed by atoms with Crippen LogP contribution in [-0.4, -0.2) is 42.1 Å². The largest absolute Gasteiger partial charge is 0.467 e. The van der Waals surface area contributed by atoms with Crippen LogP contribution in [0.5, 0.6) is 0 Å². The molecule has 0 radical (unpaired) electrons. The number of fused-ring (bicyclic) bond motifs is 1. The van der Waals surface area contributed by atoms with Gasteiger partial charge in [-0.05, 0) is 23.6 Å². The molecule has 1 aromatic heterocycles. The lowest BCUT2D eigenvalue weighted by molar-refractivity contribution is -0.145. The predicted octanol–water partition coefficient (Wildman–Crippen LogP) is 3.46. The van der Waals surface area contributed by atoms with E-state index in [2.05, 4.69) is 15.6 Å². The summed E-state index contributed by atoms with van der Waals surface area (Å²) in [4.78, 5) is 40.8. The summed E-state index contributed by atoms with van der Waals surface area (Å²) in [6, 6.07) is 15.2. The average molecular weight is 452 g/mol. The third kappa shape index (κ3) is 6.58. The summed E-state index contributed by atoms with van der Waals surface area (Å²) >= 11 is 0. The number of hydrogen-bond acceptors (Lipinski definition) is 5. The van der Waals surface area contributed by atoms with E-state index in [-0.39, 0.29) is 13.0 Å². The molecule has 0 saturated heterocycles. The third-order valence-electron chi connectivity index (χ3n) is 5.30. The highest BCUT2D eigenvalue weighted by Crippen LogP contribution is 2.19. The summed E-state index contributed by atoms with van der Waals surface area (Å²) in [6.45, 7) is 2.00. The number of amides is 2. The van der Waals surface area contributed by atoms with Crippen LogP contribution in [0.15, 0.2) is 60.8 Å². The summed E-state index contributed by atoms with van der Waals surface area (Å²) < 4.78 is 10.1. The molecule has 3 N–H and O–H groups in total. The fourth-order valence-electron chi connectivity index (χ4n) is 3.59. The van der Waals surface area contributed by atoms with Gasteiger partial charge in [0.05, 0.1) is 7.11 Å². The Morgan fingerprint density at radius 3 is 2.42 bits per heavy atom. The number of ether oxygens (including phenoxy) is 2. The molecule has 2 atom stereocenters. The standard InChI is InChI=1S/C25H29N3O5/c1-3-9-21(28-25(31)33-16-17-10-5-4-6-11-17)23(29)27-22(24(30)32-2)14-18-15-26-20-13-8-7-12-19(18)20/h4-8,10-13,15,21-22,26H,3,9,14,16H2,1-2H3,(H,27,29)(H,28,31)/t21-,22+/m1/s1. The fourth-order valence-corrected chi connectivity index (χ4v) is 3.59. The molecule has 33 heavy (non-hydrogen) atoms. The normalized spacial score (nSPS) is 12.5. The first kappa shape index (κ1) is 23.8. The average Bonchev–Trinajstić information content (AvgIpc) is 3.25. The van der Waals surface area contributed by atoms with Crippen molar-refractivity contribution in [2.24, 2.45) is 0 Å². The van der Waals surface area contributed by atoms with Gasteiger partial charge in [-0.25, -0.2) is 9.59 Å². The number of aromatic amines is 1. The van der Waals surface area contributed by atoms with Gasteiger partial charge < -0.3 is 25.1 Å². The molecule has 1 heterocycles. The van der Waals surface area contributed by atoms with Crippen molar-refractivity contribution in [1.82, 2.24) is 15.6 Å². The van der Waals surface area contributed by atoms with E-state index >= 15 is 0 Å². The van der Waals surface area contributed by atoms with Crippen LogP contribution < -0.4 is 10.6 Å².